The second kappa shape index (κ2) is 8.14. The Morgan fingerprint density at radius 2 is 1.59 bits per heavy atom. The maximum Gasteiger partial charge on any atom is 0.257 e. The second-order valence-corrected chi connectivity index (χ2v) is 8.06. The molecule has 1 aromatic heterocycles. The zero-order chi connectivity index (χ0) is 20.4. The van der Waals surface area contributed by atoms with Crippen molar-refractivity contribution in [1.82, 2.24) is 4.98 Å². The number of nitrogens with one attached hydrogen (secondary N) is 1. The molecular formula is C22H15BrN2O3S. The van der Waals surface area contributed by atoms with Crippen LogP contribution >= 0.6 is 27.3 Å². The van der Waals surface area contributed by atoms with Crippen LogP contribution in [0.5, 0.6) is 5.75 Å². The lowest BCUT2D eigenvalue weighted by Gasteiger charge is -2.04. The molecule has 0 aliphatic heterocycles. The summed E-state index contributed by atoms with van der Waals surface area (Å²) in [6.45, 7) is 0. The molecule has 0 bridgehead atoms. The lowest BCUT2D eigenvalue weighted by atomic mass is 10.0. The average molecular weight is 467 g/mol. The van der Waals surface area contributed by atoms with Crippen LogP contribution in [0, 0.1) is 0 Å². The molecule has 4 aromatic rings. The molecule has 0 unspecified atom stereocenters. The van der Waals surface area contributed by atoms with Crippen LogP contribution in [0.15, 0.2) is 71.2 Å². The largest absolute Gasteiger partial charge is 0.493 e. The molecule has 29 heavy (non-hydrogen) atoms. The minimum atomic E-state index is -0.291. The van der Waals surface area contributed by atoms with Gasteiger partial charge in [-0.15, -0.1) is 0 Å². The molecule has 1 heterocycles. The van der Waals surface area contributed by atoms with Crippen LogP contribution in [0.2, 0.25) is 0 Å². The fourth-order valence-electron chi connectivity index (χ4n) is 2.89. The molecule has 0 aliphatic rings. The number of anilines is 1. The molecule has 0 saturated heterocycles. The third kappa shape index (κ3) is 3.92. The van der Waals surface area contributed by atoms with E-state index < -0.39 is 0 Å². The van der Waals surface area contributed by atoms with Crippen molar-refractivity contribution >= 4 is 54.3 Å². The topological polar surface area (TPSA) is 68.3 Å². The number of halogens is 1. The Balaban J connectivity index is 1.53. The van der Waals surface area contributed by atoms with Crippen molar-refractivity contribution in [3.05, 3.63) is 87.9 Å². The molecule has 0 fully saturated rings. The van der Waals surface area contributed by atoms with E-state index in [-0.39, 0.29) is 11.7 Å². The Morgan fingerprint density at radius 1 is 0.931 bits per heavy atom. The first-order valence-electron chi connectivity index (χ1n) is 8.71. The van der Waals surface area contributed by atoms with Gasteiger partial charge in [0.1, 0.15) is 5.52 Å². The molecule has 0 saturated carbocycles. The molecule has 144 valence electrons. The zero-order valence-electron chi connectivity index (χ0n) is 15.3. The highest BCUT2D eigenvalue weighted by molar-refractivity contribution is 9.10. The van der Waals surface area contributed by atoms with E-state index in [2.05, 4.69) is 26.2 Å². The number of nitrogens with zero attached hydrogens (tertiary/aromatic N) is 1. The van der Waals surface area contributed by atoms with Gasteiger partial charge in [-0.2, -0.15) is 0 Å². The van der Waals surface area contributed by atoms with E-state index in [9.17, 15) is 9.59 Å². The van der Waals surface area contributed by atoms with Gasteiger partial charge in [0.05, 0.1) is 16.3 Å². The number of rotatable bonds is 5. The number of aromatic nitrogens is 1. The van der Waals surface area contributed by atoms with Crippen molar-refractivity contribution < 1.29 is 14.3 Å². The lowest BCUT2D eigenvalue weighted by molar-refractivity contribution is 0.102. The van der Waals surface area contributed by atoms with Gasteiger partial charge in [-0.05, 0) is 40.2 Å². The maximum atomic E-state index is 12.6. The van der Waals surface area contributed by atoms with Crippen LogP contribution < -0.4 is 10.1 Å². The third-order valence-corrected chi connectivity index (χ3v) is 5.90. The van der Waals surface area contributed by atoms with Gasteiger partial charge in [0.25, 0.3) is 5.91 Å². The fraction of sp³-hybridized carbons (Fsp3) is 0.0455. The predicted molar refractivity (Wildman–Crippen MR) is 118 cm³/mol. The van der Waals surface area contributed by atoms with Crippen molar-refractivity contribution in [2.24, 2.45) is 0 Å². The Kier molecular flexibility index (Phi) is 5.42. The number of amides is 1. The fourth-order valence-corrected chi connectivity index (χ4v) is 4.23. The van der Waals surface area contributed by atoms with Gasteiger partial charge in [0.2, 0.25) is 0 Å². The maximum absolute atomic E-state index is 12.6. The second-order valence-electron chi connectivity index (χ2n) is 6.17. The van der Waals surface area contributed by atoms with Gasteiger partial charge in [-0.3, -0.25) is 14.9 Å². The number of ether oxygens (including phenoxy) is 1. The Morgan fingerprint density at radius 3 is 2.28 bits per heavy atom. The first kappa shape index (κ1) is 19.3. The lowest BCUT2D eigenvalue weighted by Crippen LogP contribution is -2.12. The van der Waals surface area contributed by atoms with Gasteiger partial charge in [-0.1, -0.05) is 53.8 Å². The minimum absolute atomic E-state index is 0.0820. The highest BCUT2D eigenvalue weighted by Gasteiger charge is 2.15. The van der Waals surface area contributed by atoms with E-state index in [0.29, 0.717) is 33.1 Å². The van der Waals surface area contributed by atoms with E-state index in [4.69, 9.17) is 4.74 Å². The van der Waals surface area contributed by atoms with Crippen LogP contribution in [-0.2, 0) is 0 Å². The van der Waals surface area contributed by atoms with Crippen LogP contribution in [0.1, 0.15) is 26.3 Å². The summed E-state index contributed by atoms with van der Waals surface area (Å²) in [5, 5.41) is 3.29. The molecule has 0 radical (unpaired) electrons. The predicted octanol–water partition coefficient (Wildman–Crippen LogP) is 5.55. The molecule has 1 N–H and O–H groups in total. The summed E-state index contributed by atoms with van der Waals surface area (Å²) in [7, 11) is 1.58. The molecule has 0 spiro atoms. The number of carbonyl (C=O) groups excluding carboxylic acids is 2. The minimum Gasteiger partial charge on any atom is -0.493 e. The standard InChI is InChI=1S/C22H15BrN2O3S/c1-28-20-16(23)11-12-17-18(20)24-22(29-17)25-21(27)15-9-7-14(8-10-15)19(26)13-5-3-2-4-6-13/h2-12H,1H3,(H,24,25,27). The highest BCUT2D eigenvalue weighted by atomic mass is 79.9. The molecular weight excluding hydrogens is 452 g/mol. The number of fused-ring (bicyclic) bond motifs is 1. The van der Waals surface area contributed by atoms with E-state index in [1.165, 1.54) is 11.3 Å². The number of carbonyl (C=O) groups is 2. The van der Waals surface area contributed by atoms with E-state index in [1.54, 1.807) is 43.5 Å². The van der Waals surface area contributed by atoms with Crippen molar-refractivity contribution in [1.29, 1.82) is 0 Å². The molecule has 7 heteroatoms. The smallest absolute Gasteiger partial charge is 0.257 e. The van der Waals surface area contributed by atoms with Crippen molar-refractivity contribution in [2.75, 3.05) is 12.4 Å². The Bertz CT molecular complexity index is 1200. The van der Waals surface area contributed by atoms with Crippen molar-refractivity contribution in [2.45, 2.75) is 0 Å². The molecule has 1 amide bonds. The molecule has 0 atom stereocenters. The van der Waals surface area contributed by atoms with Gasteiger partial charge in [0, 0.05) is 16.7 Å². The van der Waals surface area contributed by atoms with Crippen molar-refractivity contribution in [3.63, 3.8) is 0 Å². The number of methoxy groups -OCH3 is 1. The first-order chi connectivity index (χ1) is 14.1. The number of hydrogen-bond donors (Lipinski definition) is 1. The van der Waals surface area contributed by atoms with Gasteiger partial charge in [0.15, 0.2) is 16.7 Å². The van der Waals surface area contributed by atoms with Gasteiger partial charge in [-0.25, -0.2) is 4.98 Å². The number of hydrogen-bond acceptors (Lipinski definition) is 5. The average Bonchev–Trinajstić information content (AvgIpc) is 3.16. The molecule has 5 nitrogen and oxygen atoms in total. The van der Waals surface area contributed by atoms with Crippen LogP contribution in [0.3, 0.4) is 0 Å². The summed E-state index contributed by atoms with van der Waals surface area (Å²) in [5.74, 6) is 0.255. The highest BCUT2D eigenvalue weighted by Crippen LogP contribution is 2.37. The summed E-state index contributed by atoms with van der Waals surface area (Å²) in [6.07, 6.45) is 0. The number of thiazole rings is 1. The molecule has 3 aromatic carbocycles. The van der Waals surface area contributed by atoms with E-state index in [1.807, 2.05) is 30.3 Å². The molecule has 0 aliphatic carbocycles. The SMILES string of the molecule is COc1c(Br)ccc2sc(NC(=O)c3ccc(C(=O)c4ccccc4)cc3)nc12. The van der Waals surface area contributed by atoms with Crippen LogP contribution in [-0.4, -0.2) is 23.8 Å². The summed E-state index contributed by atoms with van der Waals surface area (Å²) >= 11 is 4.80. The van der Waals surface area contributed by atoms with E-state index >= 15 is 0 Å². The zero-order valence-corrected chi connectivity index (χ0v) is 17.7. The van der Waals surface area contributed by atoms with Crippen LogP contribution in [0.25, 0.3) is 10.2 Å². The quantitative estimate of drug-likeness (QED) is 0.391. The third-order valence-electron chi connectivity index (χ3n) is 4.34. The Hall–Kier alpha value is -3.03. The monoisotopic (exact) mass is 466 g/mol. The summed E-state index contributed by atoms with van der Waals surface area (Å²) < 4.78 is 7.09. The van der Waals surface area contributed by atoms with E-state index in [0.717, 1.165) is 9.17 Å². The summed E-state index contributed by atoms with van der Waals surface area (Å²) in [4.78, 5) is 29.5. The number of benzene rings is 3. The van der Waals surface area contributed by atoms with Crippen molar-refractivity contribution in [3.8, 4) is 5.75 Å². The first-order valence-corrected chi connectivity index (χ1v) is 10.3. The summed E-state index contributed by atoms with van der Waals surface area (Å²) in [6, 6.07) is 19.4. The molecule has 4 rings (SSSR count). The Labute approximate surface area is 179 Å². The number of ketones is 1. The van der Waals surface area contributed by atoms with Gasteiger partial charge >= 0.3 is 0 Å². The van der Waals surface area contributed by atoms with Gasteiger partial charge < -0.3 is 4.74 Å². The summed E-state index contributed by atoms with van der Waals surface area (Å²) in [5.41, 5.74) is 2.27. The normalized spacial score (nSPS) is 10.7. The van der Waals surface area contributed by atoms with Crippen LogP contribution in [0.4, 0.5) is 5.13 Å².